The Labute approximate surface area is 42.8 Å². The molecule has 0 aliphatic carbocycles. The first-order chi connectivity index (χ1) is 3.30. The zero-order valence-electron chi connectivity index (χ0n) is 4.60. The number of aryl methyl sites for hydroxylation is 2. The smallest absolute Gasteiger partial charge is 0.248 e. The van der Waals surface area contributed by atoms with Crippen molar-refractivity contribution in [3.05, 3.63) is 18.2 Å². The lowest BCUT2D eigenvalue weighted by Gasteiger charge is -1.77. The van der Waals surface area contributed by atoms with E-state index in [9.17, 15) is 0 Å². The van der Waals surface area contributed by atoms with Crippen LogP contribution in [0.4, 0.5) is 0 Å². The number of aromatic nitrogens is 2. The summed E-state index contributed by atoms with van der Waals surface area (Å²) in [7, 11) is 2.01. The lowest BCUT2D eigenvalue weighted by atomic mass is 10.7. The van der Waals surface area contributed by atoms with E-state index < -0.39 is 0 Å². The molecule has 1 N–H and O–H groups in total. The van der Waals surface area contributed by atoms with Crippen LogP contribution < -0.4 is 4.57 Å². The third-order valence-corrected chi connectivity index (χ3v) is 1.12. The monoisotopic (exact) mass is 97.1 g/mol. The van der Waals surface area contributed by atoms with Crippen LogP contribution in [0, 0.1) is 6.92 Å². The van der Waals surface area contributed by atoms with E-state index in [1.807, 2.05) is 30.9 Å². The molecule has 0 aliphatic heterocycles. The number of aromatic amines is 1. The number of imidazole rings is 1. The maximum Gasteiger partial charge on any atom is 0.250 e. The van der Waals surface area contributed by atoms with E-state index in [0.717, 1.165) is 0 Å². The minimum Gasteiger partial charge on any atom is -0.248 e. The van der Waals surface area contributed by atoms with Crippen LogP contribution in [0.2, 0.25) is 0 Å². The normalized spacial score (nSPS) is 9.43. The van der Waals surface area contributed by atoms with Crippen molar-refractivity contribution in [2.75, 3.05) is 0 Å². The van der Waals surface area contributed by atoms with Gasteiger partial charge in [-0.05, 0) is 0 Å². The zero-order chi connectivity index (χ0) is 5.28. The Morgan fingerprint density at radius 2 is 2.43 bits per heavy atom. The fourth-order valence-electron chi connectivity index (χ4n) is 0.483. The molecule has 2 nitrogen and oxygen atoms in total. The Kier molecular flexibility index (Phi) is 0.855. The van der Waals surface area contributed by atoms with Crippen LogP contribution in [0.15, 0.2) is 12.4 Å². The summed E-state index contributed by atoms with van der Waals surface area (Å²) in [6.07, 6.45) is 3.89. The molecule has 0 unspecified atom stereocenters. The van der Waals surface area contributed by atoms with Crippen LogP contribution in [0.25, 0.3) is 0 Å². The van der Waals surface area contributed by atoms with E-state index in [1.54, 1.807) is 0 Å². The molecule has 0 spiro atoms. The van der Waals surface area contributed by atoms with Crippen molar-refractivity contribution in [3.8, 4) is 0 Å². The SMILES string of the molecule is Cc1[nH]cc[n+]1C. The third-order valence-electron chi connectivity index (χ3n) is 1.12. The summed E-state index contributed by atoms with van der Waals surface area (Å²) in [5.74, 6) is 1.18. The highest BCUT2D eigenvalue weighted by molar-refractivity contribution is 4.69. The van der Waals surface area contributed by atoms with E-state index in [0.29, 0.717) is 0 Å². The first kappa shape index (κ1) is 4.37. The van der Waals surface area contributed by atoms with Crippen molar-refractivity contribution < 1.29 is 4.57 Å². The van der Waals surface area contributed by atoms with Crippen LogP contribution in [0.3, 0.4) is 0 Å². The Balaban J connectivity index is 3.12. The predicted molar refractivity (Wildman–Crippen MR) is 26.7 cm³/mol. The van der Waals surface area contributed by atoms with Crippen molar-refractivity contribution in [2.45, 2.75) is 6.92 Å². The van der Waals surface area contributed by atoms with Crippen LogP contribution >= 0.6 is 0 Å². The van der Waals surface area contributed by atoms with E-state index in [-0.39, 0.29) is 0 Å². The minimum atomic E-state index is 1.18. The molecule has 1 aromatic heterocycles. The van der Waals surface area contributed by atoms with E-state index in [2.05, 4.69) is 4.98 Å². The fourth-order valence-corrected chi connectivity index (χ4v) is 0.483. The molecule has 0 fully saturated rings. The van der Waals surface area contributed by atoms with E-state index in [1.165, 1.54) is 5.82 Å². The van der Waals surface area contributed by atoms with Crippen molar-refractivity contribution in [1.29, 1.82) is 0 Å². The van der Waals surface area contributed by atoms with Gasteiger partial charge in [-0.1, -0.05) is 0 Å². The second-order valence-corrected chi connectivity index (χ2v) is 1.66. The van der Waals surface area contributed by atoms with Crippen molar-refractivity contribution >= 4 is 0 Å². The average molecular weight is 97.1 g/mol. The molecule has 0 atom stereocenters. The number of nitrogens with zero attached hydrogens (tertiary/aromatic N) is 1. The van der Waals surface area contributed by atoms with E-state index >= 15 is 0 Å². The Morgan fingerprint density at radius 3 is 2.57 bits per heavy atom. The Bertz CT molecular complexity index is 138. The molecule has 0 saturated heterocycles. The van der Waals surface area contributed by atoms with Gasteiger partial charge < -0.3 is 0 Å². The molecule has 1 aromatic rings. The lowest BCUT2D eigenvalue weighted by Crippen LogP contribution is -2.27. The van der Waals surface area contributed by atoms with Gasteiger partial charge in [-0.2, -0.15) is 0 Å². The lowest BCUT2D eigenvalue weighted by molar-refractivity contribution is -0.676. The summed E-state index contributed by atoms with van der Waals surface area (Å²) < 4.78 is 2.03. The fraction of sp³-hybridized carbons (Fsp3) is 0.400. The molecular weight excluding hydrogens is 88.1 g/mol. The van der Waals surface area contributed by atoms with Crippen LogP contribution in [-0.4, -0.2) is 4.98 Å². The first-order valence-corrected chi connectivity index (χ1v) is 2.30. The molecule has 7 heavy (non-hydrogen) atoms. The van der Waals surface area contributed by atoms with Gasteiger partial charge in [-0.15, -0.1) is 0 Å². The van der Waals surface area contributed by atoms with Crippen molar-refractivity contribution in [3.63, 3.8) is 0 Å². The molecular formula is C5H9N2+. The van der Waals surface area contributed by atoms with Crippen molar-refractivity contribution in [2.24, 2.45) is 7.05 Å². The Hall–Kier alpha value is -0.790. The molecule has 2 heteroatoms. The number of nitrogens with one attached hydrogen (secondary N) is 1. The summed E-state index contributed by atoms with van der Waals surface area (Å²) in [6.45, 7) is 2.03. The van der Waals surface area contributed by atoms with Gasteiger partial charge in [0.2, 0.25) is 0 Å². The summed E-state index contributed by atoms with van der Waals surface area (Å²) in [5, 5.41) is 0. The average Bonchev–Trinajstić information content (AvgIpc) is 1.91. The summed E-state index contributed by atoms with van der Waals surface area (Å²) in [5.41, 5.74) is 0. The minimum absolute atomic E-state index is 1.18. The predicted octanol–water partition coefficient (Wildman–Crippen LogP) is 0.148. The van der Waals surface area contributed by atoms with Gasteiger partial charge in [0.05, 0.1) is 7.05 Å². The number of hydrogen-bond acceptors (Lipinski definition) is 0. The standard InChI is InChI=1S/C5H8N2/c1-5-6-3-4-7(5)2/h3-4H,1-2H3/p+1. The summed E-state index contributed by atoms with van der Waals surface area (Å²) >= 11 is 0. The van der Waals surface area contributed by atoms with E-state index in [4.69, 9.17) is 0 Å². The summed E-state index contributed by atoms with van der Waals surface area (Å²) in [4.78, 5) is 3.03. The molecule has 0 saturated carbocycles. The van der Waals surface area contributed by atoms with Gasteiger partial charge in [0, 0.05) is 6.92 Å². The molecule has 1 rings (SSSR count). The third kappa shape index (κ3) is 0.633. The second-order valence-electron chi connectivity index (χ2n) is 1.66. The van der Waals surface area contributed by atoms with Crippen LogP contribution in [-0.2, 0) is 7.05 Å². The largest absolute Gasteiger partial charge is 0.250 e. The quantitative estimate of drug-likeness (QED) is 0.444. The second kappa shape index (κ2) is 1.37. The summed E-state index contributed by atoms with van der Waals surface area (Å²) in [6, 6.07) is 0. The van der Waals surface area contributed by atoms with Gasteiger partial charge in [0.25, 0.3) is 5.82 Å². The zero-order valence-corrected chi connectivity index (χ0v) is 4.60. The highest BCUT2D eigenvalue weighted by atomic mass is 15.0. The number of hydrogen-bond donors (Lipinski definition) is 1. The molecule has 0 aliphatic rings. The van der Waals surface area contributed by atoms with Gasteiger partial charge >= 0.3 is 0 Å². The molecule has 0 radical (unpaired) electrons. The maximum atomic E-state index is 3.03. The maximum absolute atomic E-state index is 3.03. The van der Waals surface area contributed by atoms with Gasteiger partial charge in [-0.3, -0.25) is 0 Å². The van der Waals surface area contributed by atoms with Gasteiger partial charge in [0.15, 0.2) is 0 Å². The molecule has 0 aromatic carbocycles. The first-order valence-electron chi connectivity index (χ1n) is 2.30. The highest BCUT2D eigenvalue weighted by Gasteiger charge is 1.93. The van der Waals surface area contributed by atoms with Crippen LogP contribution in [0.5, 0.6) is 0 Å². The topological polar surface area (TPSA) is 19.7 Å². The number of H-pyrrole nitrogens is 1. The highest BCUT2D eigenvalue weighted by Crippen LogP contribution is 1.75. The van der Waals surface area contributed by atoms with Gasteiger partial charge in [-0.25, -0.2) is 9.55 Å². The Morgan fingerprint density at radius 1 is 1.71 bits per heavy atom. The molecule has 1 heterocycles. The van der Waals surface area contributed by atoms with Gasteiger partial charge in [0.1, 0.15) is 12.4 Å². The number of rotatable bonds is 0. The molecule has 0 bridgehead atoms. The van der Waals surface area contributed by atoms with Crippen molar-refractivity contribution in [1.82, 2.24) is 4.98 Å². The molecule has 38 valence electrons. The molecule has 0 amide bonds. The van der Waals surface area contributed by atoms with Crippen LogP contribution in [0.1, 0.15) is 5.82 Å².